The van der Waals surface area contributed by atoms with Crippen molar-refractivity contribution in [2.45, 2.75) is 19.8 Å². The highest BCUT2D eigenvalue weighted by atomic mass is 16.5. The molecule has 24 heavy (non-hydrogen) atoms. The largest absolute Gasteiger partial charge is 0.497 e. The highest BCUT2D eigenvalue weighted by molar-refractivity contribution is 5.82. The smallest absolute Gasteiger partial charge is 0.216 e. The number of hydrogen-bond donors (Lipinski definition) is 1. The quantitative estimate of drug-likeness (QED) is 0.752. The number of nitrogens with one attached hydrogen (secondary N) is 1. The molecule has 1 aromatic heterocycles. The van der Waals surface area contributed by atoms with Gasteiger partial charge in [-0.15, -0.1) is 0 Å². The maximum Gasteiger partial charge on any atom is 0.216 e. The average molecular weight is 323 g/mol. The lowest BCUT2D eigenvalue weighted by Crippen LogP contribution is -2.22. The van der Waals surface area contributed by atoms with Gasteiger partial charge in [0.1, 0.15) is 17.1 Å². The average Bonchev–Trinajstić information content (AvgIpc) is 2.92. The van der Waals surface area contributed by atoms with Gasteiger partial charge in [0.05, 0.1) is 7.11 Å². The predicted octanol–water partition coefficient (Wildman–Crippen LogP) is 3.71. The zero-order chi connectivity index (χ0) is 16.9. The lowest BCUT2D eigenvalue weighted by Gasteiger charge is -2.06. The van der Waals surface area contributed by atoms with Crippen LogP contribution in [0.15, 0.2) is 52.9 Å². The molecule has 124 valence electrons. The number of ether oxygens (including phenoxy) is 1. The maximum atomic E-state index is 11.1. The Morgan fingerprint density at radius 3 is 2.79 bits per heavy atom. The Balaban J connectivity index is 1.91. The molecule has 2 aromatic carbocycles. The first kappa shape index (κ1) is 16.1. The van der Waals surface area contributed by atoms with E-state index in [2.05, 4.69) is 17.4 Å². The third-order valence-corrected chi connectivity index (χ3v) is 4.03. The molecule has 1 heterocycles. The first-order chi connectivity index (χ1) is 11.7. The van der Waals surface area contributed by atoms with E-state index in [1.807, 2.05) is 36.4 Å². The van der Waals surface area contributed by atoms with Crippen LogP contribution < -0.4 is 10.1 Å². The Kier molecular flexibility index (Phi) is 4.85. The molecule has 1 N–H and O–H groups in total. The van der Waals surface area contributed by atoms with E-state index < -0.39 is 0 Å². The van der Waals surface area contributed by atoms with Crippen LogP contribution in [0.25, 0.3) is 11.0 Å². The molecule has 0 atom stereocenters. The number of para-hydroxylation sites is 1. The fourth-order valence-electron chi connectivity index (χ4n) is 2.90. The van der Waals surface area contributed by atoms with Gasteiger partial charge >= 0.3 is 0 Å². The van der Waals surface area contributed by atoms with E-state index in [4.69, 9.17) is 9.15 Å². The Morgan fingerprint density at radius 2 is 2.00 bits per heavy atom. The summed E-state index contributed by atoms with van der Waals surface area (Å²) in [6.07, 6.45) is 1.44. The van der Waals surface area contributed by atoms with Crippen LogP contribution in [0.3, 0.4) is 0 Å². The van der Waals surface area contributed by atoms with Crippen LogP contribution in [0.5, 0.6) is 5.75 Å². The normalized spacial score (nSPS) is 10.8. The van der Waals surface area contributed by atoms with E-state index in [1.165, 1.54) is 6.92 Å². The standard InChI is InChI=1S/C20H21NO3/c1-14(22)21-11-10-18-17-8-3-4-9-19(17)24-20(18)13-15-6-5-7-16(12-15)23-2/h3-9,12H,10-11,13H2,1-2H3,(H,21,22). The number of hydrogen-bond acceptors (Lipinski definition) is 3. The Labute approximate surface area is 141 Å². The summed E-state index contributed by atoms with van der Waals surface area (Å²) < 4.78 is 11.4. The molecule has 3 rings (SSSR count). The van der Waals surface area contributed by atoms with Crippen molar-refractivity contribution in [2.24, 2.45) is 0 Å². The van der Waals surface area contributed by atoms with Crippen molar-refractivity contribution in [3.63, 3.8) is 0 Å². The number of methoxy groups -OCH3 is 1. The van der Waals surface area contributed by atoms with Crippen LogP contribution in [0.4, 0.5) is 0 Å². The van der Waals surface area contributed by atoms with Gasteiger partial charge in [-0.3, -0.25) is 4.79 Å². The minimum atomic E-state index is -0.0165. The van der Waals surface area contributed by atoms with Gasteiger partial charge in [0.15, 0.2) is 0 Å². The molecule has 0 aliphatic rings. The molecule has 0 bridgehead atoms. The second-order valence-electron chi connectivity index (χ2n) is 5.76. The molecule has 0 saturated heterocycles. The SMILES string of the molecule is COc1cccc(Cc2oc3ccccc3c2CCNC(C)=O)c1. The minimum Gasteiger partial charge on any atom is -0.497 e. The van der Waals surface area contributed by atoms with Crippen LogP contribution in [0, 0.1) is 0 Å². The molecular weight excluding hydrogens is 302 g/mol. The van der Waals surface area contributed by atoms with Gasteiger partial charge in [-0.2, -0.15) is 0 Å². The number of fused-ring (bicyclic) bond motifs is 1. The van der Waals surface area contributed by atoms with Crippen LogP contribution in [-0.4, -0.2) is 19.6 Å². The molecule has 0 saturated carbocycles. The molecule has 1 amide bonds. The van der Waals surface area contributed by atoms with E-state index >= 15 is 0 Å². The van der Waals surface area contributed by atoms with E-state index in [1.54, 1.807) is 7.11 Å². The molecule has 4 heteroatoms. The zero-order valence-electron chi connectivity index (χ0n) is 14.0. The maximum absolute atomic E-state index is 11.1. The summed E-state index contributed by atoms with van der Waals surface area (Å²) in [5.74, 6) is 1.76. The second-order valence-corrected chi connectivity index (χ2v) is 5.76. The number of benzene rings is 2. The topological polar surface area (TPSA) is 51.5 Å². The van der Waals surface area contributed by atoms with Gasteiger partial charge < -0.3 is 14.5 Å². The van der Waals surface area contributed by atoms with Crippen molar-refractivity contribution in [2.75, 3.05) is 13.7 Å². The van der Waals surface area contributed by atoms with Crippen molar-refractivity contribution >= 4 is 16.9 Å². The van der Waals surface area contributed by atoms with Crippen molar-refractivity contribution in [3.8, 4) is 5.75 Å². The van der Waals surface area contributed by atoms with Gasteiger partial charge in [0.2, 0.25) is 5.91 Å². The molecule has 0 fully saturated rings. The monoisotopic (exact) mass is 323 g/mol. The summed E-state index contributed by atoms with van der Waals surface area (Å²) in [6.45, 7) is 2.13. The van der Waals surface area contributed by atoms with Gasteiger partial charge in [0, 0.05) is 30.8 Å². The zero-order valence-corrected chi connectivity index (χ0v) is 14.0. The van der Waals surface area contributed by atoms with Crippen LogP contribution >= 0.6 is 0 Å². The van der Waals surface area contributed by atoms with Gasteiger partial charge in [-0.05, 0) is 30.2 Å². The fraction of sp³-hybridized carbons (Fsp3) is 0.250. The third kappa shape index (κ3) is 3.59. The first-order valence-corrected chi connectivity index (χ1v) is 8.04. The van der Waals surface area contributed by atoms with E-state index in [-0.39, 0.29) is 5.91 Å². The van der Waals surface area contributed by atoms with Gasteiger partial charge in [-0.25, -0.2) is 0 Å². The fourth-order valence-corrected chi connectivity index (χ4v) is 2.90. The van der Waals surface area contributed by atoms with Crippen LogP contribution in [0.1, 0.15) is 23.8 Å². The molecule has 0 aliphatic heterocycles. The van der Waals surface area contributed by atoms with Gasteiger partial charge in [-0.1, -0.05) is 30.3 Å². The molecule has 0 spiro atoms. The lowest BCUT2D eigenvalue weighted by atomic mass is 10.0. The number of amides is 1. The predicted molar refractivity (Wildman–Crippen MR) is 94.4 cm³/mol. The molecule has 0 unspecified atom stereocenters. The number of carbonyl (C=O) groups is 1. The molecular formula is C20H21NO3. The van der Waals surface area contributed by atoms with Crippen LogP contribution in [0.2, 0.25) is 0 Å². The third-order valence-electron chi connectivity index (χ3n) is 4.03. The van der Waals surface area contributed by atoms with Crippen molar-refractivity contribution in [1.82, 2.24) is 5.32 Å². The van der Waals surface area contributed by atoms with Crippen molar-refractivity contribution in [1.29, 1.82) is 0 Å². The summed E-state index contributed by atoms with van der Waals surface area (Å²) in [5.41, 5.74) is 3.17. The van der Waals surface area contributed by atoms with E-state index in [0.717, 1.165) is 40.0 Å². The Hall–Kier alpha value is -2.75. The van der Waals surface area contributed by atoms with E-state index in [9.17, 15) is 4.79 Å². The second kappa shape index (κ2) is 7.21. The molecule has 4 nitrogen and oxygen atoms in total. The van der Waals surface area contributed by atoms with E-state index in [0.29, 0.717) is 13.0 Å². The lowest BCUT2D eigenvalue weighted by molar-refractivity contribution is -0.118. The first-order valence-electron chi connectivity index (χ1n) is 8.04. The van der Waals surface area contributed by atoms with Crippen LogP contribution in [-0.2, 0) is 17.6 Å². The highest BCUT2D eigenvalue weighted by Gasteiger charge is 2.14. The molecule has 3 aromatic rings. The summed E-state index contributed by atoms with van der Waals surface area (Å²) in [6, 6.07) is 16.0. The highest BCUT2D eigenvalue weighted by Crippen LogP contribution is 2.28. The summed E-state index contributed by atoms with van der Waals surface area (Å²) in [7, 11) is 1.67. The van der Waals surface area contributed by atoms with Crippen molar-refractivity contribution in [3.05, 3.63) is 65.4 Å². The molecule has 0 radical (unpaired) electrons. The summed E-state index contributed by atoms with van der Waals surface area (Å²) in [5, 5.41) is 3.97. The minimum absolute atomic E-state index is 0.0165. The number of rotatable bonds is 6. The Bertz CT molecular complexity index is 851. The molecule has 0 aliphatic carbocycles. The summed E-state index contributed by atoms with van der Waals surface area (Å²) in [4.78, 5) is 11.1. The summed E-state index contributed by atoms with van der Waals surface area (Å²) >= 11 is 0. The van der Waals surface area contributed by atoms with Crippen molar-refractivity contribution < 1.29 is 13.9 Å². The Morgan fingerprint density at radius 1 is 1.17 bits per heavy atom. The number of carbonyl (C=O) groups excluding carboxylic acids is 1. The van der Waals surface area contributed by atoms with Gasteiger partial charge in [0.25, 0.3) is 0 Å². The number of furan rings is 1.